The van der Waals surface area contributed by atoms with Gasteiger partial charge in [0.15, 0.2) is 0 Å². The maximum absolute atomic E-state index is 9.43. The zero-order valence-corrected chi connectivity index (χ0v) is 16.7. The highest BCUT2D eigenvalue weighted by molar-refractivity contribution is 5.75. The zero-order chi connectivity index (χ0) is 20.9. The van der Waals surface area contributed by atoms with Crippen molar-refractivity contribution in [2.75, 3.05) is 0 Å². The number of hydrogen-bond acceptors (Lipinski definition) is 5. The van der Waals surface area contributed by atoms with E-state index in [2.05, 4.69) is 27.4 Å². The Bertz CT molecular complexity index is 1330. The fraction of sp³-hybridized carbons (Fsp3) is 0.333. The summed E-state index contributed by atoms with van der Waals surface area (Å²) in [5.41, 5.74) is 3.43. The minimum absolute atomic E-state index is 0.322. The average molecular weight is 398 g/mol. The third-order valence-electron chi connectivity index (χ3n) is 5.90. The van der Waals surface area contributed by atoms with Crippen LogP contribution < -0.4 is 4.52 Å². The number of hydrogen-bond donors (Lipinski definition) is 1. The smallest absolute Gasteiger partial charge is 0.263 e. The maximum atomic E-state index is 9.43. The number of aromatic amines is 1. The Morgan fingerprint density at radius 1 is 1.20 bits per heavy atom. The van der Waals surface area contributed by atoms with E-state index in [1.165, 1.54) is 0 Å². The van der Waals surface area contributed by atoms with E-state index in [1.807, 2.05) is 54.0 Å². The van der Waals surface area contributed by atoms with E-state index in [9.17, 15) is 10.5 Å². The van der Waals surface area contributed by atoms with E-state index in [0.717, 1.165) is 28.0 Å². The van der Waals surface area contributed by atoms with Gasteiger partial charge in [-0.2, -0.15) is 25.8 Å². The second kappa shape index (κ2) is 6.26. The third-order valence-corrected chi connectivity index (χ3v) is 5.90. The highest BCUT2D eigenvalue weighted by Crippen LogP contribution is 2.54. The monoisotopic (exact) mass is 398 g/mol. The topological polar surface area (TPSA) is 116 Å². The molecule has 1 N–H and O–H groups in total. The Kier molecular flexibility index (Phi) is 3.77. The summed E-state index contributed by atoms with van der Waals surface area (Å²) in [7, 11) is 1.87. The Morgan fingerprint density at radius 2 is 2.00 bits per heavy atom. The molecule has 1 saturated carbocycles. The summed E-state index contributed by atoms with van der Waals surface area (Å²) in [5.74, 6) is 0. The summed E-state index contributed by atoms with van der Waals surface area (Å²) in [5, 5.41) is 30.8. The van der Waals surface area contributed by atoms with Crippen LogP contribution in [0.15, 0.2) is 43.2 Å². The number of fused-ring (bicyclic) bond motifs is 1. The van der Waals surface area contributed by atoms with E-state index >= 15 is 0 Å². The van der Waals surface area contributed by atoms with Crippen LogP contribution in [0.2, 0.25) is 0 Å². The van der Waals surface area contributed by atoms with Gasteiger partial charge in [-0.05, 0) is 19.8 Å². The fourth-order valence-electron chi connectivity index (χ4n) is 4.58. The Morgan fingerprint density at radius 3 is 2.70 bits per heavy atom. The molecule has 4 aromatic heterocycles. The molecule has 4 aromatic rings. The largest absolute Gasteiger partial charge is 0.275 e. The number of nitrogens with zero attached hydrogens (tertiary/aromatic N) is 8. The van der Waals surface area contributed by atoms with E-state index in [4.69, 9.17) is 4.98 Å². The lowest BCUT2D eigenvalue weighted by molar-refractivity contribution is -0.576. The summed E-state index contributed by atoms with van der Waals surface area (Å²) in [6, 6.07) is 6.61. The van der Waals surface area contributed by atoms with Crippen molar-refractivity contribution in [3.8, 4) is 34.7 Å². The molecule has 30 heavy (non-hydrogen) atoms. The zero-order valence-electron chi connectivity index (χ0n) is 16.7. The van der Waals surface area contributed by atoms with E-state index in [1.54, 1.807) is 17.1 Å². The molecule has 0 unspecified atom stereocenters. The van der Waals surface area contributed by atoms with Gasteiger partial charge in [0.2, 0.25) is 6.20 Å². The molecule has 0 aromatic carbocycles. The first-order chi connectivity index (χ1) is 14.5. The summed E-state index contributed by atoms with van der Waals surface area (Å²) in [4.78, 5) is 4.89. The van der Waals surface area contributed by atoms with Crippen molar-refractivity contribution in [2.24, 2.45) is 12.5 Å². The van der Waals surface area contributed by atoms with Gasteiger partial charge < -0.3 is 0 Å². The molecule has 0 saturated heterocycles. The van der Waals surface area contributed by atoms with Crippen molar-refractivity contribution >= 4 is 5.52 Å². The lowest BCUT2D eigenvalue weighted by Crippen LogP contribution is -2.51. The molecule has 1 aliphatic rings. The van der Waals surface area contributed by atoms with Gasteiger partial charge in [0.05, 0.1) is 48.1 Å². The number of rotatable bonds is 4. The minimum atomic E-state index is -0.442. The molecule has 0 aliphatic heterocycles. The molecule has 0 spiro atoms. The molecule has 0 amide bonds. The van der Waals surface area contributed by atoms with Gasteiger partial charge in [-0.15, -0.1) is 0 Å². The molecule has 9 heteroatoms. The summed E-state index contributed by atoms with van der Waals surface area (Å²) in [6.45, 7) is 1.94. The number of nitriles is 2. The van der Waals surface area contributed by atoms with Crippen LogP contribution >= 0.6 is 0 Å². The molecule has 1 fully saturated rings. The summed E-state index contributed by atoms with van der Waals surface area (Å²) < 4.78 is 5.52. The van der Waals surface area contributed by atoms with Crippen LogP contribution in [-0.4, -0.2) is 29.6 Å². The minimum Gasteiger partial charge on any atom is -0.275 e. The number of aromatic nitrogens is 7. The molecule has 0 bridgehead atoms. The standard InChI is InChI=1S/C21H19N9/c1-20(14-23)12-21(13-20,4-5-22)30-10-16(8-26-30)19-18-3-6-24-29(18)11-17(27-19)15-7-25-28(2)9-15/h3,6-11H,4,12-13H2,1-2H3/p+1. The first kappa shape index (κ1) is 18.1. The van der Waals surface area contributed by atoms with Gasteiger partial charge in [-0.1, -0.05) is 4.52 Å². The second-order valence-corrected chi connectivity index (χ2v) is 8.35. The van der Waals surface area contributed by atoms with Crippen LogP contribution in [0.1, 0.15) is 26.2 Å². The Labute approximate surface area is 172 Å². The SMILES string of the molecule is Cn1cc(-c2c[n+]3[nH]ccc3c(-c3cnn(C4(CC#N)CC(C)(C#N)C4)c3)n2)cn1. The van der Waals surface area contributed by atoms with Gasteiger partial charge in [-0.3, -0.25) is 9.36 Å². The average Bonchev–Trinajstić information content (AvgIpc) is 3.46. The number of aryl methyl sites for hydroxylation is 1. The van der Waals surface area contributed by atoms with Gasteiger partial charge in [0.25, 0.3) is 5.52 Å². The van der Waals surface area contributed by atoms with Crippen molar-refractivity contribution in [2.45, 2.75) is 31.7 Å². The van der Waals surface area contributed by atoms with Crippen LogP contribution in [0.5, 0.6) is 0 Å². The van der Waals surface area contributed by atoms with Crippen LogP contribution in [0, 0.1) is 28.1 Å². The number of H-pyrrole nitrogens is 1. The van der Waals surface area contributed by atoms with Gasteiger partial charge >= 0.3 is 0 Å². The quantitative estimate of drug-likeness (QED) is 0.530. The second-order valence-electron chi connectivity index (χ2n) is 8.35. The fourth-order valence-corrected chi connectivity index (χ4v) is 4.58. The molecule has 4 heterocycles. The normalized spacial score (nSPS) is 23.1. The highest BCUT2D eigenvalue weighted by atomic mass is 15.3. The van der Waals surface area contributed by atoms with E-state index < -0.39 is 11.0 Å². The van der Waals surface area contributed by atoms with Crippen LogP contribution in [0.3, 0.4) is 0 Å². The van der Waals surface area contributed by atoms with Crippen molar-refractivity contribution < 1.29 is 4.52 Å². The van der Waals surface area contributed by atoms with Crippen LogP contribution in [0.25, 0.3) is 28.0 Å². The maximum Gasteiger partial charge on any atom is 0.263 e. The van der Waals surface area contributed by atoms with E-state index in [-0.39, 0.29) is 0 Å². The Hall–Kier alpha value is -3.98. The van der Waals surface area contributed by atoms with Gasteiger partial charge in [-0.25, -0.2) is 4.98 Å². The van der Waals surface area contributed by atoms with Gasteiger partial charge in [0, 0.05) is 36.6 Å². The molecular weight excluding hydrogens is 378 g/mol. The van der Waals surface area contributed by atoms with Crippen molar-refractivity contribution in [1.29, 1.82) is 10.5 Å². The van der Waals surface area contributed by atoms with Crippen molar-refractivity contribution in [1.82, 2.24) is 29.6 Å². The van der Waals surface area contributed by atoms with Gasteiger partial charge in [0.1, 0.15) is 11.4 Å². The first-order valence-electron chi connectivity index (χ1n) is 9.68. The first-order valence-corrected chi connectivity index (χ1v) is 9.68. The molecule has 0 radical (unpaired) electrons. The Balaban J connectivity index is 1.59. The lowest BCUT2D eigenvalue weighted by atomic mass is 9.58. The number of nitrogens with one attached hydrogen (secondary N) is 1. The molecule has 5 rings (SSSR count). The predicted octanol–water partition coefficient (Wildman–Crippen LogP) is 2.35. The molecule has 9 nitrogen and oxygen atoms in total. The van der Waals surface area contributed by atoms with E-state index in [0.29, 0.717) is 19.3 Å². The van der Waals surface area contributed by atoms with Crippen LogP contribution in [0.4, 0.5) is 0 Å². The molecule has 0 atom stereocenters. The van der Waals surface area contributed by atoms with Crippen LogP contribution in [-0.2, 0) is 12.6 Å². The van der Waals surface area contributed by atoms with Crippen molar-refractivity contribution in [3.05, 3.63) is 43.2 Å². The molecule has 1 aliphatic carbocycles. The van der Waals surface area contributed by atoms with Crippen molar-refractivity contribution in [3.63, 3.8) is 0 Å². The summed E-state index contributed by atoms with van der Waals surface area (Å²) >= 11 is 0. The third kappa shape index (κ3) is 2.67. The molecule has 148 valence electrons. The highest BCUT2D eigenvalue weighted by Gasteiger charge is 2.54. The molecular formula is C21H20N9+. The lowest BCUT2D eigenvalue weighted by Gasteiger charge is -2.50. The predicted molar refractivity (Wildman–Crippen MR) is 106 cm³/mol. The summed E-state index contributed by atoms with van der Waals surface area (Å²) in [6.07, 6.45) is 12.8.